The number of hydrogen-bond acceptors (Lipinski definition) is 3. The average molecular weight is 342 g/mol. The van der Waals surface area contributed by atoms with E-state index in [2.05, 4.69) is 21.9 Å². The van der Waals surface area contributed by atoms with Gasteiger partial charge in [-0.1, -0.05) is 36.3 Å². The number of anilines is 1. The third-order valence-corrected chi connectivity index (χ3v) is 3.74. The van der Waals surface area contributed by atoms with Crippen molar-refractivity contribution in [2.45, 2.75) is 13.0 Å². The maximum absolute atomic E-state index is 11.9. The van der Waals surface area contributed by atoms with Gasteiger partial charge in [0.25, 0.3) is 5.91 Å². The maximum Gasteiger partial charge on any atom is 0.296 e. The minimum atomic E-state index is -3.34. The molecule has 6 heteroatoms. The average Bonchev–Trinajstić information content (AvgIpc) is 2.52. The Morgan fingerprint density at radius 3 is 2.46 bits per heavy atom. The number of nitrogens with one attached hydrogen (secondary N) is 2. The van der Waals surface area contributed by atoms with Gasteiger partial charge >= 0.3 is 0 Å². The number of carbonyl (C=O) groups excluding carboxylic acids is 1. The van der Waals surface area contributed by atoms with Gasteiger partial charge in [-0.05, 0) is 36.8 Å². The smallest absolute Gasteiger partial charge is 0.296 e. The van der Waals surface area contributed by atoms with Crippen LogP contribution in [0.1, 0.15) is 24.1 Å². The van der Waals surface area contributed by atoms with Crippen LogP contribution < -0.4 is 10.0 Å². The summed E-state index contributed by atoms with van der Waals surface area (Å²) in [5.74, 6) is 4.94. The fourth-order valence-electron chi connectivity index (χ4n) is 2.05. The maximum atomic E-state index is 11.9. The molecule has 5 nitrogen and oxygen atoms in total. The second-order valence-electron chi connectivity index (χ2n) is 5.31. The molecule has 0 aliphatic rings. The molecule has 0 unspecified atom stereocenters. The van der Waals surface area contributed by atoms with Crippen molar-refractivity contribution in [2.75, 3.05) is 11.0 Å². The van der Waals surface area contributed by atoms with E-state index >= 15 is 0 Å². The van der Waals surface area contributed by atoms with Gasteiger partial charge in [-0.15, -0.1) is 0 Å². The molecule has 0 aliphatic carbocycles. The lowest BCUT2D eigenvalue weighted by atomic mass is 10.1. The van der Waals surface area contributed by atoms with E-state index in [4.69, 9.17) is 0 Å². The number of carbonyl (C=O) groups is 1. The number of amides is 1. The molecule has 2 aromatic carbocycles. The molecule has 24 heavy (non-hydrogen) atoms. The summed E-state index contributed by atoms with van der Waals surface area (Å²) in [5, 5.41) is 2.77. The molecule has 1 atom stereocenters. The standard InChI is InChI=1S/C18H18N2O3S/c1-14(16-9-6-10-17(13-16)20-24(2,22)23)19-18(21)12-11-15-7-4-3-5-8-15/h3-10,13-14,20H,1-2H3,(H,19,21)/t14-/m0/s1. The van der Waals surface area contributed by atoms with Gasteiger partial charge in [0.15, 0.2) is 0 Å². The van der Waals surface area contributed by atoms with E-state index in [1.807, 2.05) is 43.3 Å². The highest BCUT2D eigenvalue weighted by atomic mass is 32.2. The van der Waals surface area contributed by atoms with Crippen molar-refractivity contribution < 1.29 is 13.2 Å². The Morgan fingerprint density at radius 2 is 1.79 bits per heavy atom. The van der Waals surface area contributed by atoms with E-state index in [0.717, 1.165) is 17.4 Å². The molecule has 0 heterocycles. The number of sulfonamides is 1. The van der Waals surface area contributed by atoms with Gasteiger partial charge < -0.3 is 5.32 Å². The molecule has 0 radical (unpaired) electrons. The van der Waals surface area contributed by atoms with Gasteiger partial charge in [0.2, 0.25) is 10.0 Å². The van der Waals surface area contributed by atoms with Gasteiger partial charge in [0, 0.05) is 17.2 Å². The monoisotopic (exact) mass is 342 g/mol. The van der Waals surface area contributed by atoms with Crippen LogP contribution in [0.15, 0.2) is 54.6 Å². The fourth-order valence-corrected chi connectivity index (χ4v) is 2.61. The summed E-state index contributed by atoms with van der Waals surface area (Å²) < 4.78 is 25.0. The van der Waals surface area contributed by atoms with Gasteiger partial charge in [0.1, 0.15) is 0 Å². The molecule has 0 fully saturated rings. The third kappa shape index (κ3) is 5.78. The summed E-state index contributed by atoms with van der Waals surface area (Å²) in [6.07, 6.45) is 1.09. The predicted octanol–water partition coefficient (Wildman–Crippen LogP) is 2.29. The molecule has 0 spiro atoms. The molecule has 2 aromatic rings. The summed E-state index contributed by atoms with van der Waals surface area (Å²) in [4.78, 5) is 11.9. The van der Waals surface area contributed by atoms with E-state index in [-0.39, 0.29) is 6.04 Å². The van der Waals surface area contributed by atoms with Crippen molar-refractivity contribution in [2.24, 2.45) is 0 Å². The Morgan fingerprint density at radius 1 is 1.08 bits per heavy atom. The van der Waals surface area contributed by atoms with Crippen LogP contribution in [0.4, 0.5) is 5.69 Å². The molecule has 0 saturated carbocycles. The molecule has 2 rings (SSSR count). The van der Waals surface area contributed by atoms with Gasteiger partial charge in [-0.3, -0.25) is 9.52 Å². The summed E-state index contributed by atoms with van der Waals surface area (Å²) in [6.45, 7) is 1.81. The van der Waals surface area contributed by atoms with Crippen LogP contribution in [0.5, 0.6) is 0 Å². The summed E-state index contributed by atoms with van der Waals surface area (Å²) >= 11 is 0. The summed E-state index contributed by atoms with van der Waals surface area (Å²) in [5.41, 5.74) is 1.99. The zero-order valence-electron chi connectivity index (χ0n) is 13.4. The van der Waals surface area contributed by atoms with Crippen LogP contribution in [0.2, 0.25) is 0 Å². The number of benzene rings is 2. The lowest BCUT2D eigenvalue weighted by Gasteiger charge is -2.13. The van der Waals surface area contributed by atoms with Crippen molar-refractivity contribution in [3.05, 3.63) is 65.7 Å². The minimum absolute atomic E-state index is 0.302. The van der Waals surface area contributed by atoms with E-state index < -0.39 is 15.9 Å². The Hall–Kier alpha value is -2.78. The number of hydrogen-bond donors (Lipinski definition) is 2. The molecule has 0 aromatic heterocycles. The topological polar surface area (TPSA) is 75.3 Å². The van der Waals surface area contributed by atoms with Crippen LogP contribution in [0.25, 0.3) is 0 Å². The molecule has 2 N–H and O–H groups in total. The first-order valence-corrected chi connectivity index (χ1v) is 9.18. The highest BCUT2D eigenvalue weighted by molar-refractivity contribution is 7.92. The largest absolute Gasteiger partial charge is 0.339 e. The SMILES string of the molecule is C[C@H](NC(=O)C#Cc1ccccc1)c1cccc(NS(C)(=O)=O)c1. The van der Waals surface area contributed by atoms with Crippen LogP contribution in [-0.2, 0) is 14.8 Å². The highest BCUT2D eigenvalue weighted by Gasteiger charge is 2.09. The second kappa shape index (κ2) is 7.66. The van der Waals surface area contributed by atoms with Crippen molar-refractivity contribution in [1.82, 2.24) is 5.32 Å². The zero-order valence-corrected chi connectivity index (χ0v) is 14.2. The van der Waals surface area contributed by atoms with Crippen molar-refractivity contribution in [3.8, 4) is 11.8 Å². The third-order valence-electron chi connectivity index (χ3n) is 3.13. The molecule has 0 bridgehead atoms. The first-order valence-electron chi connectivity index (χ1n) is 7.29. The van der Waals surface area contributed by atoms with Crippen LogP contribution >= 0.6 is 0 Å². The Balaban J connectivity index is 2.04. The lowest BCUT2D eigenvalue weighted by Crippen LogP contribution is -2.25. The molecule has 1 amide bonds. The van der Waals surface area contributed by atoms with Crippen LogP contribution in [0.3, 0.4) is 0 Å². The summed E-state index contributed by atoms with van der Waals surface area (Å²) in [7, 11) is -3.34. The summed E-state index contributed by atoms with van der Waals surface area (Å²) in [6, 6.07) is 15.8. The fraction of sp³-hybridized carbons (Fsp3) is 0.167. The first kappa shape index (κ1) is 17.6. The molecular weight excluding hydrogens is 324 g/mol. The highest BCUT2D eigenvalue weighted by Crippen LogP contribution is 2.18. The Kier molecular flexibility index (Phi) is 5.61. The van der Waals surface area contributed by atoms with E-state index in [1.54, 1.807) is 18.2 Å². The Labute approximate surface area is 142 Å². The van der Waals surface area contributed by atoms with Gasteiger partial charge in [-0.2, -0.15) is 0 Å². The van der Waals surface area contributed by atoms with E-state index in [9.17, 15) is 13.2 Å². The lowest BCUT2D eigenvalue weighted by molar-refractivity contribution is -0.116. The van der Waals surface area contributed by atoms with E-state index in [1.165, 1.54) is 0 Å². The predicted molar refractivity (Wildman–Crippen MR) is 94.8 cm³/mol. The minimum Gasteiger partial charge on any atom is -0.339 e. The van der Waals surface area contributed by atoms with Gasteiger partial charge in [0.05, 0.1) is 12.3 Å². The van der Waals surface area contributed by atoms with Crippen molar-refractivity contribution >= 4 is 21.6 Å². The Bertz CT molecular complexity index is 881. The zero-order chi connectivity index (χ0) is 17.6. The van der Waals surface area contributed by atoms with Crippen LogP contribution in [-0.4, -0.2) is 20.6 Å². The second-order valence-corrected chi connectivity index (χ2v) is 7.06. The molecular formula is C18H18N2O3S. The molecule has 124 valence electrons. The number of rotatable bonds is 4. The van der Waals surface area contributed by atoms with Crippen molar-refractivity contribution in [1.29, 1.82) is 0 Å². The quantitative estimate of drug-likeness (QED) is 0.837. The van der Waals surface area contributed by atoms with Crippen molar-refractivity contribution in [3.63, 3.8) is 0 Å². The normalized spacial score (nSPS) is 11.8. The molecule has 0 saturated heterocycles. The van der Waals surface area contributed by atoms with Gasteiger partial charge in [-0.25, -0.2) is 8.42 Å². The van der Waals surface area contributed by atoms with Crippen LogP contribution in [0, 0.1) is 11.8 Å². The van der Waals surface area contributed by atoms with E-state index in [0.29, 0.717) is 5.69 Å². The first-order chi connectivity index (χ1) is 11.3. The molecule has 0 aliphatic heterocycles.